The van der Waals surface area contributed by atoms with Gasteiger partial charge in [0.1, 0.15) is 11.3 Å². The van der Waals surface area contributed by atoms with Crippen molar-refractivity contribution in [2.75, 3.05) is 20.2 Å². The number of ether oxygens (including phenoxy) is 1. The van der Waals surface area contributed by atoms with Crippen LogP contribution in [0.3, 0.4) is 0 Å². The number of hydrogen-bond donors (Lipinski definition) is 0. The van der Waals surface area contributed by atoms with Gasteiger partial charge in [-0.3, -0.25) is 4.90 Å². The Kier molecular flexibility index (Phi) is 3.20. The lowest BCUT2D eigenvalue weighted by Gasteiger charge is -2.39. The number of hydrogen-bond acceptors (Lipinski definition) is 3. The Bertz CT molecular complexity index is 514. The van der Waals surface area contributed by atoms with Gasteiger partial charge in [-0.05, 0) is 62.0 Å². The lowest BCUT2D eigenvalue weighted by molar-refractivity contribution is 0.110. The molecular weight excluding hydrogens is 236 g/mol. The zero-order valence-electron chi connectivity index (χ0n) is 11.5. The fourth-order valence-electron chi connectivity index (χ4n) is 3.53. The van der Waals surface area contributed by atoms with Crippen molar-refractivity contribution >= 4 is 0 Å². The minimum atomic E-state index is -0.412. The molecule has 1 unspecified atom stereocenters. The van der Waals surface area contributed by atoms with Gasteiger partial charge in [0.15, 0.2) is 0 Å². The highest BCUT2D eigenvalue weighted by molar-refractivity contribution is 5.47. The molecule has 0 amide bonds. The van der Waals surface area contributed by atoms with Gasteiger partial charge in [0.2, 0.25) is 0 Å². The predicted molar refractivity (Wildman–Crippen MR) is 74.0 cm³/mol. The SMILES string of the molecule is COc1ccc2c(c1)C(C#N)(N1CCCCC1)CC2. The number of piperidine rings is 1. The highest BCUT2D eigenvalue weighted by atomic mass is 16.5. The molecule has 100 valence electrons. The third kappa shape index (κ3) is 1.91. The summed E-state index contributed by atoms with van der Waals surface area (Å²) in [4.78, 5) is 2.39. The van der Waals surface area contributed by atoms with Crippen LogP contribution in [0.15, 0.2) is 18.2 Å². The molecule has 3 nitrogen and oxygen atoms in total. The lowest BCUT2D eigenvalue weighted by Crippen LogP contribution is -2.46. The van der Waals surface area contributed by atoms with E-state index in [-0.39, 0.29) is 0 Å². The smallest absolute Gasteiger partial charge is 0.135 e. The second kappa shape index (κ2) is 4.86. The molecule has 0 N–H and O–H groups in total. The van der Waals surface area contributed by atoms with Crippen LogP contribution in [0.5, 0.6) is 5.75 Å². The van der Waals surface area contributed by atoms with E-state index in [0.717, 1.165) is 31.7 Å². The van der Waals surface area contributed by atoms with Crippen molar-refractivity contribution in [1.29, 1.82) is 5.26 Å². The monoisotopic (exact) mass is 256 g/mol. The quantitative estimate of drug-likeness (QED) is 0.816. The number of nitrogens with zero attached hydrogens (tertiary/aromatic N) is 2. The molecule has 0 radical (unpaired) electrons. The fraction of sp³-hybridized carbons (Fsp3) is 0.562. The van der Waals surface area contributed by atoms with E-state index < -0.39 is 5.54 Å². The van der Waals surface area contributed by atoms with Crippen LogP contribution in [0.4, 0.5) is 0 Å². The van der Waals surface area contributed by atoms with Crippen molar-refractivity contribution in [2.24, 2.45) is 0 Å². The minimum Gasteiger partial charge on any atom is -0.497 e. The molecule has 0 aromatic heterocycles. The molecule has 0 saturated carbocycles. The first-order valence-corrected chi connectivity index (χ1v) is 7.14. The van der Waals surface area contributed by atoms with E-state index in [0.29, 0.717) is 0 Å². The average Bonchev–Trinajstić information content (AvgIpc) is 2.87. The summed E-state index contributed by atoms with van der Waals surface area (Å²) in [6, 6.07) is 8.82. The first kappa shape index (κ1) is 12.5. The van der Waals surface area contributed by atoms with Crippen molar-refractivity contribution in [2.45, 2.75) is 37.6 Å². The van der Waals surface area contributed by atoms with Crippen LogP contribution in [0.1, 0.15) is 36.8 Å². The summed E-state index contributed by atoms with van der Waals surface area (Å²) in [5.74, 6) is 0.859. The third-order valence-corrected chi connectivity index (χ3v) is 4.60. The van der Waals surface area contributed by atoms with Crippen LogP contribution >= 0.6 is 0 Å². The Hall–Kier alpha value is -1.53. The standard InChI is InChI=1S/C16H20N2O/c1-19-14-6-5-13-7-8-16(12-17,15(13)11-14)18-9-3-2-4-10-18/h5-6,11H,2-4,7-10H2,1H3. The summed E-state index contributed by atoms with van der Waals surface area (Å²) in [6.07, 6.45) is 5.64. The van der Waals surface area contributed by atoms with Crippen LogP contribution in [0, 0.1) is 11.3 Å². The molecular formula is C16H20N2O. The fourth-order valence-corrected chi connectivity index (χ4v) is 3.53. The van der Waals surface area contributed by atoms with Gasteiger partial charge < -0.3 is 4.74 Å². The second-order valence-electron chi connectivity index (χ2n) is 5.54. The molecule has 1 heterocycles. The van der Waals surface area contributed by atoms with Gasteiger partial charge in [-0.1, -0.05) is 12.5 Å². The van der Waals surface area contributed by atoms with Crippen LogP contribution < -0.4 is 4.74 Å². The predicted octanol–water partition coefficient (Wildman–Crippen LogP) is 2.85. The summed E-state index contributed by atoms with van der Waals surface area (Å²) in [7, 11) is 1.69. The topological polar surface area (TPSA) is 36.3 Å². The number of aryl methyl sites for hydroxylation is 1. The molecule has 0 bridgehead atoms. The van der Waals surface area contributed by atoms with Gasteiger partial charge in [0.05, 0.1) is 13.2 Å². The van der Waals surface area contributed by atoms with Crippen LogP contribution in [-0.2, 0) is 12.0 Å². The summed E-state index contributed by atoms with van der Waals surface area (Å²) in [6.45, 7) is 2.09. The van der Waals surface area contributed by atoms with E-state index in [1.807, 2.05) is 6.07 Å². The van der Waals surface area contributed by atoms with Gasteiger partial charge >= 0.3 is 0 Å². The van der Waals surface area contributed by atoms with Gasteiger partial charge in [-0.25, -0.2) is 0 Å². The zero-order valence-corrected chi connectivity index (χ0v) is 11.5. The van der Waals surface area contributed by atoms with E-state index in [1.54, 1.807) is 7.11 Å². The number of benzene rings is 1. The van der Waals surface area contributed by atoms with E-state index in [9.17, 15) is 5.26 Å². The maximum atomic E-state index is 9.85. The molecule has 1 atom stereocenters. The molecule has 1 aromatic carbocycles. The molecule has 1 aliphatic carbocycles. The first-order valence-electron chi connectivity index (χ1n) is 7.14. The molecule has 3 rings (SSSR count). The number of nitriles is 1. The Morgan fingerprint density at radius 2 is 2.05 bits per heavy atom. The van der Waals surface area contributed by atoms with Gasteiger partial charge in [-0.2, -0.15) is 5.26 Å². The highest BCUT2D eigenvalue weighted by Gasteiger charge is 2.44. The van der Waals surface area contributed by atoms with E-state index in [2.05, 4.69) is 23.1 Å². The van der Waals surface area contributed by atoms with Crippen LogP contribution in [-0.4, -0.2) is 25.1 Å². The molecule has 1 aliphatic heterocycles. The molecule has 1 saturated heterocycles. The van der Waals surface area contributed by atoms with Gasteiger partial charge in [-0.15, -0.1) is 0 Å². The number of methoxy groups -OCH3 is 1. The molecule has 1 fully saturated rings. The number of fused-ring (bicyclic) bond motifs is 1. The Labute approximate surface area is 114 Å². The van der Waals surface area contributed by atoms with E-state index in [4.69, 9.17) is 4.74 Å². The molecule has 1 aromatic rings. The summed E-state index contributed by atoms with van der Waals surface area (Å²) < 4.78 is 5.34. The minimum absolute atomic E-state index is 0.412. The molecule has 3 heteroatoms. The lowest BCUT2D eigenvalue weighted by atomic mass is 9.89. The van der Waals surface area contributed by atoms with Gasteiger partial charge in [0.25, 0.3) is 0 Å². The van der Waals surface area contributed by atoms with Gasteiger partial charge in [0, 0.05) is 0 Å². The largest absolute Gasteiger partial charge is 0.497 e. The summed E-state index contributed by atoms with van der Waals surface area (Å²) in [5.41, 5.74) is 2.08. The summed E-state index contributed by atoms with van der Waals surface area (Å²) in [5, 5.41) is 9.85. The Balaban J connectivity index is 2.03. The summed E-state index contributed by atoms with van der Waals surface area (Å²) >= 11 is 0. The maximum absolute atomic E-state index is 9.85. The highest BCUT2D eigenvalue weighted by Crippen LogP contribution is 2.43. The van der Waals surface area contributed by atoms with Crippen molar-refractivity contribution in [1.82, 2.24) is 4.90 Å². The average molecular weight is 256 g/mol. The Morgan fingerprint density at radius 3 is 2.74 bits per heavy atom. The Morgan fingerprint density at radius 1 is 1.26 bits per heavy atom. The van der Waals surface area contributed by atoms with Crippen molar-refractivity contribution in [3.8, 4) is 11.8 Å². The number of likely N-dealkylation sites (tertiary alicyclic amines) is 1. The van der Waals surface area contributed by atoms with Crippen molar-refractivity contribution in [3.05, 3.63) is 29.3 Å². The van der Waals surface area contributed by atoms with Crippen LogP contribution in [0.25, 0.3) is 0 Å². The molecule has 19 heavy (non-hydrogen) atoms. The maximum Gasteiger partial charge on any atom is 0.135 e. The third-order valence-electron chi connectivity index (χ3n) is 4.60. The first-order chi connectivity index (χ1) is 9.30. The normalized spacial score (nSPS) is 26.7. The van der Waals surface area contributed by atoms with Crippen molar-refractivity contribution in [3.63, 3.8) is 0 Å². The zero-order chi connectivity index (χ0) is 13.3. The second-order valence-corrected chi connectivity index (χ2v) is 5.54. The van der Waals surface area contributed by atoms with E-state index >= 15 is 0 Å². The number of rotatable bonds is 2. The van der Waals surface area contributed by atoms with Crippen molar-refractivity contribution < 1.29 is 4.74 Å². The molecule has 0 spiro atoms. The van der Waals surface area contributed by atoms with Crippen LogP contribution in [0.2, 0.25) is 0 Å². The molecule has 2 aliphatic rings. The van der Waals surface area contributed by atoms with E-state index in [1.165, 1.54) is 30.4 Å².